The lowest BCUT2D eigenvalue weighted by Crippen LogP contribution is -2.42. The Labute approximate surface area is 155 Å². The van der Waals surface area contributed by atoms with E-state index in [9.17, 15) is 9.90 Å². The normalized spacial score (nSPS) is 20.2. The number of hydrogen-bond acceptors (Lipinski definition) is 4. The van der Waals surface area contributed by atoms with E-state index >= 15 is 0 Å². The molecule has 1 heterocycles. The third-order valence-corrected chi connectivity index (χ3v) is 4.79. The number of benzene rings is 2. The number of carbonyl (C=O) groups excluding carboxylic acids is 1. The molecule has 1 saturated heterocycles. The maximum atomic E-state index is 12.5. The maximum Gasteiger partial charge on any atom is 0.237 e. The molecule has 1 aliphatic heterocycles. The Kier molecular flexibility index (Phi) is 6.26. The zero-order valence-corrected chi connectivity index (χ0v) is 15.2. The van der Waals surface area contributed by atoms with Gasteiger partial charge in [0.25, 0.3) is 0 Å². The Morgan fingerprint density at radius 1 is 1.15 bits per heavy atom. The molecule has 3 rings (SSSR count). The first-order chi connectivity index (χ1) is 12.7. The number of nitrogens with zero attached hydrogens (tertiary/aromatic N) is 1. The predicted octanol–water partition coefficient (Wildman–Crippen LogP) is 2.26. The number of rotatable bonds is 7. The average Bonchev–Trinajstić information content (AvgIpc) is 3.04. The summed E-state index contributed by atoms with van der Waals surface area (Å²) in [6.45, 7) is 4.88. The minimum absolute atomic E-state index is 0.102. The summed E-state index contributed by atoms with van der Waals surface area (Å²) in [5.41, 5.74) is 2.26. The number of amides is 1. The number of phenolic OH excluding ortho intramolecular Hbond substituents is 1. The van der Waals surface area contributed by atoms with Crippen LogP contribution in [0.1, 0.15) is 24.5 Å². The number of carbonyl (C=O) groups is 1. The zero-order chi connectivity index (χ0) is 18.4. The van der Waals surface area contributed by atoms with Crippen LogP contribution >= 0.6 is 0 Å². The van der Waals surface area contributed by atoms with Gasteiger partial charge in [0.1, 0.15) is 5.75 Å². The molecule has 5 heteroatoms. The molecule has 0 unspecified atom stereocenters. The van der Waals surface area contributed by atoms with Crippen molar-refractivity contribution in [2.24, 2.45) is 0 Å². The lowest BCUT2D eigenvalue weighted by Gasteiger charge is -2.23. The number of hydrogen-bond donors (Lipinski definition) is 3. The Balaban J connectivity index is 1.64. The van der Waals surface area contributed by atoms with Crippen LogP contribution < -0.4 is 10.6 Å². The minimum Gasteiger partial charge on any atom is -0.508 e. The van der Waals surface area contributed by atoms with Gasteiger partial charge in [-0.15, -0.1) is 0 Å². The van der Waals surface area contributed by atoms with Crippen molar-refractivity contribution in [3.63, 3.8) is 0 Å². The van der Waals surface area contributed by atoms with E-state index in [-0.39, 0.29) is 23.7 Å². The highest BCUT2D eigenvalue weighted by Crippen LogP contribution is 2.22. The van der Waals surface area contributed by atoms with Crippen LogP contribution in [0.2, 0.25) is 0 Å². The van der Waals surface area contributed by atoms with Gasteiger partial charge in [-0.1, -0.05) is 42.5 Å². The van der Waals surface area contributed by atoms with Gasteiger partial charge in [-0.3, -0.25) is 9.69 Å². The standard InChI is InChI=1S/C21H27N3O2/c1-2-22-21(26)20-12-18(23-13-17-9-6-10-19(25)11-17)15-24(20)14-16-7-4-3-5-8-16/h3-11,18,20,23,25H,2,12-15H2,1H3,(H,22,26)/t18-,20-/m0/s1. The van der Waals surface area contributed by atoms with E-state index in [1.807, 2.05) is 37.3 Å². The van der Waals surface area contributed by atoms with Crippen molar-refractivity contribution in [3.05, 3.63) is 65.7 Å². The third-order valence-electron chi connectivity index (χ3n) is 4.79. The summed E-state index contributed by atoms with van der Waals surface area (Å²) in [6, 6.07) is 17.7. The van der Waals surface area contributed by atoms with Crippen LogP contribution in [0.5, 0.6) is 5.75 Å². The summed E-state index contributed by atoms with van der Waals surface area (Å²) in [5.74, 6) is 0.381. The molecule has 26 heavy (non-hydrogen) atoms. The van der Waals surface area contributed by atoms with Gasteiger partial charge in [-0.25, -0.2) is 0 Å². The highest BCUT2D eigenvalue weighted by atomic mass is 16.3. The number of likely N-dealkylation sites (N-methyl/N-ethyl adjacent to an activating group) is 1. The first kappa shape index (κ1) is 18.4. The van der Waals surface area contributed by atoms with Gasteiger partial charge >= 0.3 is 0 Å². The van der Waals surface area contributed by atoms with Crippen LogP contribution in [0.15, 0.2) is 54.6 Å². The van der Waals surface area contributed by atoms with Crippen molar-refractivity contribution in [2.45, 2.75) is 38.5 Å². The fourth-order valence-corrected chi connectivity index (χ4v) is 3.54. The molecule has 0 spiro atoms. The average molecular weight is 353 g/mol. The topological polar surface area (TPSA) is 64.6 Å². The Hall–Kier alpha value is -2.37. The second kappa shape index (κ2) is 8.83. The quantitative estimate of drug-likeness (QED) is 0.714. The van der Waals surface area contributed by atoms with Gasteiger partial charge < -0.3 is 15.7 Å². The van der Waals surface area contributed by atoms with Crippen molar-refractivity contribution >= 4 is 5.91 Å². The Morgan fingerprint density at radius 3 is 2.65 bits per heavy atom. The molecule has 0 radical (unpaired) electrons. The van der Waals surface area contributed by atoms with Crippen LogP contribution in [-0.2, 0) is 17.9 Å². The molecule has 2 aromatic rings. The lowest BCUT2D eigenvalue weighted by atomic mass is 10.1. The van der Waals surface area contributed by atoms with Gasteiger partial charge in [-0.05, 0) is 36.6 Å². The zero-order valence-electron chi connectivity index (χ0n) is 15.2. The first-order valence-electron chi connectivity index (χ1n) is 9.22. The number of likely N-dealkylation sites (tertiary alicyclic amines) is 1. The highest BCUT2D eigenvalue weighted by Gasteiger charge is 2.36. The third kappa shape index (κ3) is 4.84. The monoisotopic (exact) mass is 353 g/mol. The first-order valence-corrected chi connectivity index (χ1v) is 9.22. The lowest BCUT2D eigenvalue weighted by molar-refractivity contribution is -0.125. The summed E-state index contributed by atoms with van der Waals surface area (Å²) >= 11 is 0. The van der Waals surface area contributed by atoms with Crippen LogP contribution in [0.4, 0.5) is 0 Å². The van der Waals surface area contributed by atoms with E-state index < -0.39 is 0 Å². The van der Waals surface area contributed by atoms with E-state index in [0.29, 0.717) is 13.1 Å². The predicted molar refractivity (Wildman–Crippen MR) is 103 cm³/mol. The summed E-state index contributed by atoms with van der Waals surface area (Å²) in [6.07, 6.45) is 0.789. The number of aromatic hydroxyl groups is 1. The molecule has 0 aromatic heterocycles. The van der Waals surface area contributed by atoms with Crippen molar-refractivity contribution < 1.29 is 9.90 Å². The maximum absolute atomic E-state index is 12.5. The second-order valence-corrected chi connectivity index (χ2v) is 6.81. The van der Waals surface area contributed by atoms with Gasteiger partial charge in [0.15, 0.2) is 0 Å². The van der Waals surface area contributed by atoms with Crippen molar-refractivity contribution in [3.8, 4) is 5.75 Å². The van der Waals surface area contributed by atoms with E-state index in [1.165, 1.54) is 5.56 Å². The van der Waals surface area contributed by atoms with Crippen LogP contribution in [0, 0.1) is 0 Å². The highest BCUT2D eigenvalue weighted by molar-refractivity contribution is 5.82. The van der Waals surface area contributed by atoms with Gasteiger partial charge in [0, 0.05) is 32.2 Å². The number of phenols is 1. The second-order valence-electron chi connectivity index (χ2n) is 6.81. The van der Waals surface area contributed by atoms with Gasteiger partial charge in [-0.2, -0.15) is 0 Å². The molecule has 0 bridgehead atoms. The summed E-state index contributed by atoms with van der Waals surface area (Å²) in [5, 5.41) is 16.1. The Morgan fingerprint density at radius 2 is 1.92 bits per heavy atom. The summed E-state index contributed by atoms with van der Waals surface area (Å²) in [7, 11) is 0. The van der Waals surface area contributed by atoms with Gasteiger partial charge in [0.05, 0.1) is 6.04 Å². The molecule has 2 atom stereocenters. The molecule has 138 valence electrons. The summed E-state index contributed by atoms with van der Waals surface area (Å²) in [4.78, 5) is 14.7. The molecule has 1 fully saturated rings. The molecule has 1 aliphatic rings. The molecule has 5 nitrogen and oxygen atoms in total. The smallest absolute Gasteiger partial charge is 0.237 e. The number of nitrogens with one attached hydrogen (secondary N) is 2. The van der Waals surface area contributed by atoms with Crippen molar-refractivity contribution in [2.75, 3.05) is 13.1 Å². The SMILES string of the molecule is CCNC(=O)[C@@H]1C[C@H](NCc2cccc(O)c2)CN1Cc1ccccc1. The fourth-order valence-electron chi connectivity index (χ4n) is 3.54. The molecule has 2 aromatic carbocycles. The largest absolute Gasteiger partial charge is 0.508 e. The van der Waals surface area contributed by atoms with Crippen LogP contribution in [-0.4, -0.2) is 41.1 Å². The van der Waals surface area contributed by atoms with Crippen LogP contribution in [0.3, 0.4) is 0 Å². The fraction of sp³-hybridized carbons (Fsp3) is 0.381. The molecule has 0 saturated carbocycles. The molecule has 1 amide bonds. The summed E-state index contributed by atoms with van der Waals surface area (Å²) < 4.78 is 0. The van der Waals surface area contributed by atoms with Crippen molar-refractivity contribution in [1.82, 2.24) is 15.5 Å². The van der Waals surface area contributed by atoms with E-state index in [2.05, 4.69) is 27.7 Å². The van der Waals surface area contributed by atoms with Crippen molar-refractivity contribution in [1.29, 1.82) is 0 Å². The Bertz CT molecular complexity index is 720. The van der Waals surface area contributed by atoms with E-state index in [0.717, 1.165) is 25.1 Å². The molecule has 0 aliphatic carbocycles. The van der Waals surface area contributed by atoms with Crippen LogP contribution in [0.25, 0.3) is 0 Å². The minimum atomic E-state index is -0.114. The van der Waals surface area contributed by atoms with E-state index in [4.69, 9.17) is 0 Å². The van der Waals surface area contributed by atoms with E-state index in [1.54, 1.807) is 12.1 Å². The molecular weight excluding hydrogens is 326 g/mol. The molecular formula is C21H27N3O2. The molecule has 3 N–H and O–H groups in total. The van der Waals surface area contributed by atoms with Gasteiger partial charge in [0.2, 0.25) is 5.91 Å².